The van der Waals surface area contributed by atoms with Crippen molar-refractivity contribution in [2.75, 3.05) is 0 Å². The molecule has 1 aromatic carbocycles. The highest BCUT2D eigenvalue weighted by molar-refractivity contribution is 8.00. The minimum absolute atomic E-state index is 0.151. The number of rotatable bonds is 5. The number of carboxylic acids is 1. The fourth-order valence-electron chi connectivity index (χ4n) is 1.43. The van der Waals surface area contributed by atoms with Crippen LogP contribution in [0.15, 0.2) is 23.1 Å². The van der Waals surface area contributed by atoms with Crippen LogP contribution in [0.2, 0.25) is 0 Å². The molecule has 0 aliphatic rings. The van der Waals surface area contributed by atoms with Crippen LogP contribution in [0.1, 0.15) is 36.7 Å². The van der Waals surface area contributed by atoms with Crippen LogP contribution >= 0.6 is 11.8 Å². The van der Waals surface area contributed by atoms with Crippen LogP contribution in [0, 0.1) is 6.92 Å². The lowest BCUT2D eigenvalue weighted by molar-refractivity contribution is -0.146. The average Bonchev–Trinajstić information content (AvgIpc) is 2.30. The second kappa shape index (κ2) is 6.61. The summed E-state index contributed by atoms with van der Waals surface area (Å²) in [6, 6.07) is 4.88. The van der Waals surface area contributed by atoms with E-state index in [0.29, 0.717) is 0 Å². The SMILES string of the molecule is Cc1ccc(C(=O)O)cc1SC(C)C(=O)OC(C)C. The number of aromatic carboxylic acids is 1. The number of hydrogen-bond donors (Lipinski definition) is 1. The first-order chi connectivity index (χ1) is 8.81. The molecule has 0 bridgehead atoms. The predicted octanol–water partition coefficient (Wildman–Crippen LogP) is 3.13. The number of esters is 1. The second-order valence-corrected chi connectivity index (χ2v) is 5.91. The van der Waals surface area contributed by atoms with E-state index in [2.05, 4.69) is 0 Å². The molecule has 1 aromatic rings. The Morgan fingerprint density at radius 2 is 1.89 bits per heavy atom. The number of thioether (sulfide) groups is 1. The van der Waals surface area contributed by atoms with E-state index in [0.717, 1.165) is 10.5 Å². The molecule has 4 nitrogen and oxygen atoms in total. The predicted molar refractivity (Wildman–Crippen MR) is 74.7 cm³/mol. The maximum Gasteiger partial charge on any atom is 0.335 e. The van der Waals surface area contributed by atoms with Crippen molar-refractivity contribution in [2.24, 2.45) is 0 Å². The van der Waals surface area contributed by atoms with E-state index in [4.69, 9.17) is 9.84 Å². The fraction of sp³-hybridized carbons (Fsp3) is 0.429. The summed E-state index contributed by atoms with van der Waals surface area (Å²) in [5, 5.41) is 8.59. The van der Waals surface area contributed by atoms with Crippen molar-refractivity contribution < 1.29 is 19.4 Å². The van der Waals surface area contributed by atoms with Crippen LogP contribution < -0.4 is 0 Å². The van der Waals surface area contributed by atoms with Gasteiger partial charge in [-0.15, -0.1) is 11.8 Å². The monoisotopic (exact) mass is 282 g/mol. The molecule has 1 rings (SSSR count). The van der Waals surface area contributed by atoms with E-state index in [9.17, 15) is 9.59 Å². The van der Waals surface area contributed by atoms with Crippen molar-refractivity contribution in [2.45, 2.75) is 43.9 Å². The van der Waals surface area contributed by atoms with Gasteiger partial charge in [0, 0.05) is 4.90 Å². The summed E-state index contributed by atoms with van der Waals surface area (Å²) in [6.45, 7) is 7.23. The summed E-state index contributed by atoms with van der Waals surface area (Å²) in [7, 11) is 0. The minimum atomic E-state index is -0.973. The van der Waals surface area contributed by atoms with Gasteiger partial charge in [0.2, 0.25) is 0 Å². The molecule has 1 atom stereocenters. The molecule has 19 heavy (non-hydrogen) atoms. The molecule has 104 valence electrons. The van der Waals surface area contributed by atoms with Gasteiger partial charge in [-0.05, 0) is 45.4 Å². The van der Waals surface area contributed by atoms with E-state index in [1.54, 1.807) is 39.0 Å². The Kier molecular flexibility index (Phi) is 5.42. The number of carbonyl (C=O) groups excluding carboxylic acids is 1. The van der Waals surface area contributed by atoms with Crippen molar-refractivity contribution >= 4 is 23.7 Å². The lowest BCUT2D eigenvalue weighted by Crippen LogP contribution is -2.20. The molecule has 0 saturated heterocycles. The Morgan fingerprint density at radius 1 is 1.26 bits per heavy atom. The van der Waals surface area contributed by atoms with Gasteiger partial charge in [0.1, 0.15) is 5.25 Å². The summed E-state index contributed by atoms with van der Waals surface area (Å²) < 4.78 is 5.13. The molecular weight excluding hydrogens is 264 g/mol. The van der Waals surface area contributed by atoms with Gasteiger partial charge >= 0.3 is 11.9 Å². The third kappa shape index (κ3) is 4.59. The Hall–Kier alpha value is -1.49. The summed E-state index contributed by atoms with van der Waals surface area (Å²) in [5.41, 5.74) is 1.16. The molecule has 0 heterocycles. The Bertz CT molecular complexity index is 482. The molecule has 1 unspecified atom stereocenters. The average molecular weight is 282 g/mol. The fourth-order valence-corrected chi connectivity index (χ4v) is 2.41. The van der Waals surface area contributed by atoms with Crippen molar-refractivity contribution in [3.05, 3.63) is 29.3 Å². The maximum atomic E-state index is 11.7. The van der Waals surface area contributed by atoms with Gasteiger partial charge in [-0.2, -0.15) is 0 Å². The summed E-state index contributed by atoms with van der Waals surface area (Å²) in [6.07, 6.45) is -0.151. The standard InChI is InChI=1S/C14H18O4S/c1-8(2)18-14(17)10(4)19-12-7-11(13(15)16)6-5-9(12)3/h5-8,10H,1-4H3,(H,15,16). The Morgan fingerprint density at radius 3 is 2.42 bits per heavy atom. The van der Waals surface area contributed by atoms with Gasteiger partial charge < -0.3 is 9.84 Å². The molecule has 0 aliphatic carbocycles. The third-order valence-electron chi connectivity index (χ3n) is 2.42. The Labute approximate surface area is 117 Å². The molecule has 0 saturated carbocycles. The van der Waals surface area contributed by atoms with Gasteiger partial charge in [0.25, 0.3) is 0 Å². The van der Waals surface area contributed by atoms with Gasteiger partial charge in [-0.1, -0.05) is 6.07 Å². The van der Waals surface area contributed by atoms with E-state index < -0.39 is 5.97 Å². The van der Waals surface area contributed by atoms with Crippen molar-refractivity contribution in [1.82, 2.24) is 0 Å². The van der Waals surface area contributed by atoms with E-state index >= 15 is 0 Å². The van der Waals surface area contributed by atoms with Crippen LogP contribution in [0.3, 0.4) is 0 Å². The van der Waals surface area contributed by atoms with Crippen molar-refractivity contribution in [3.8, 4) is 0 Å². The minimum Gasteiger partial charge on any atom is -0.478 e. The van der Waals surface area contributed by atoms with E-state index in [-0.39, 0.29) is 22.9 Å². The first-order valence-corrected chi connectivity index (χ1v) is 6.90. The topological polar surface area (TPSA) is 63.6 Å². The Balaban J connectivity index is 2.84. The number of carbonyl (C=O) groups is 2. The van der Waals surface area contributed by atoms with Crippen LogP contribution in [-0.4, -0.2) is 28.4 Å². The molecule has 0 fully saturated rings. The highest BCUT2D eigenvalue weighted by Gasteiger charge is 2.18. The summed E-state index contributed by atoms with van der Waals surface area (Å²) in [5.74, 6) is -1.26. The molecule has 1 N–H and O–H groups in total. The zero-order valence-corrected chi connectivity index (χ0v) is 12.3. The van der Waals surface area contributed by atoms with Crippen molar-refractivity contribution in [1.29, 1.82) is 0 Å². The molecule has 0 radical (unpaired) electrons. The second-order valence-electron chi connectivity index (χ2n) is 4.53. The highest BCUT2D eigenvalue weighted by atomic mass is 32.2. The van der Waals surface area contributed by atoms with Crippen LogP contribution in [0.25, 0.3) is 0 Å². The number of ether oxygens (including phenoxy) is 1. The normalized spacial score (nSPS) is 12.3. The summed E-state index contributed by atoms with van der Waals surface area (Å²) in [4.78, 5) is 23.4. The highest BCUT2D eigenvalue weighted by Crippen LogP contribution is 2.28. The van der Waals surface area contributed by atoms with Gasteiger partial charge in [-0.25, -0.2) is 4.79 Å². The van der Waals surface area contributed by atoms with Gasteiger partial charge in [-0.3, -0.25) is 4.79 Å². The first kappa shape index (κ1) is 15.6. The number of carboxylic acid groups (broad SMARTS) is 1. The molecule has 0 aromatic heterocycles. The zero-order valence-electron chi connectivity index (χ0n) is 11.5. The molecule has 5 heteroatoms. The largest absolute Gasteiger partial charge is 0.478 e. The molecular formula is C14H18O4S. The maximum absolute atomic E-state index is 11.7. The number of benzene rings is 1. The third-order valence-corrected chi connectivity index (χ3v) is 3.66. The lowest BCUT2D eigenvalue weighted by atomic mass is 10.1. The molecule has 0 aliphatic heterocycles. The van der Waals surface area contributed by atoms with E-state index in [1.165, 1.54) is 11.8 Å². The van der Waals surface area contributed by atoms with Gasteiger partial charge in [0.05, 0.1) is 11.7 Å². The molecule has 0 spiro atoms. The van der Waals surface area contributed by atoms with Crippen LogP contribution in [0.5, 0.6) is 0 Å². The first-order valence-electron chi connectivity index (χ1n) is 6.02. The lowest BCUT2D eigenvalue weighted by Gasteiger charge is -2.15. The van der Waals surface area contributed by atoms with Crippen LogP contribution in [0.4, 0.5) is 0 Å². The van der Waals surface area contributed by atoms with E-state index in [1.807, 2.05) is 6.92 Å². The van der Waals surface area contributed by atoms with Crippen molar-refractivity contribution in [3.63, 3.8) is 0 Å². The zero-order chi connectivity index (χ0) is 14.6. The molecule has 0 amide bonds. The van der Waals surface area contributed by atoms with Crippen LogP contribution in [-0.2, 0) is 9.53 Å². The quantitative estimate of drug-likeness (QED) is 0.664. The number of aryl methyl sites for hydroxylation is 1. The smallest absolute Gasteiger partial charge is 0.335 e. The summed E-state index contributed by atoms with van der Waals surface area (Å²) >= 11 is 1.31. The number of hydrogen-bond acceptors (Lipinski definition) is 4. The van der Waals surface area contributed by atoms with Gasteiger partial charge in [0.15, 0.2) is 0 Å².